The molecule has 0 spiro atoms. The van der Waals surface area contributed by atoms with Gasteiger partial charge < -0.3 is 4.90 Å². The van der Waals surface area contributed by atoms with Crippen LogP contribution in [0.15, 0.2) is 54.2 Å². The van der Waals surface area contributed by atoms with Crippen molar-refractivity contribution in [3.63, 3.8) is 0 Å². The molecule has 0 saturated heterocycles. The Kier molecular flexibility index (Phi) is 5.44. The van der Waals surface area contributed by atoms with E-state index in [1.54, 1.807) is 0 Å². The summed E-state index contributed by atoms with van der Waals surface area (Å²) < 4.78 is 2.32. The summed E-state index contributed by atoms with van der Waals surface area (Å²) in [5.41, 5.74) is 10.6. The quantitative estimate of drug-likeness (QED) is 0.313. The van der Waals surface area contributed by atoms with Crippen LogP contribution < -0.4 is 4.90 Å². The number of hydrogen-bond acceptors (Lipinski definition) is 3. The van der Waals surface area contributed by atoms with Gasteiger partial charge in [0.05, 0.1) is 10.7 Å². The Hall–Kier alpha value is -2.85. The largest absolute Gasteiger partial charge is 0.333 e. The Morgan fingerprint density at radius 2 is 1.76 bits per heavy atom. The van der Waals surface area contributed by atoms with E-state index in [0.29, 0.717) is 0 Å². The van der Waals surface area contributed by atoms with E-state index in [4.69, 9.17) is 4.98 Å². The molecule has 5 rings (SSSR count). The van der Waals surface area contributed by atoms with E-state index in [2.05, 4.69) is 99.0 Å². The SMILES string of the molecule is Cc1cc(C)c(-n2ccnc2-c2c(C(C)(C)C)ccc3c2CCCN3c2cccs2)c(C)c1. The maximum atomic E-state index is 4.98. The summed E-state index contributed by atoms with van der Waals surface area (Å²) in [7, 11) is 0. The molecule has 0 atom stereocenters. The molecule has 4 aromatic rings. The molecule has 3 heterocycles. The molecule has 0 aliphatic carbocycles. The van der Waals surface area contributed by atoms with Crippen LogP contribution in [0.3, 0.4) is 0 Å². The minimum atomic E-state index is 0.0176. The molecule has 2 aromatic carbocycles. The number of fused-ring (bicyclic) bond motifs is 1. The Morgan fingerprint density at radius 3 is 2.42 bits per heavy atom. The van der Waals surface area contributed by atoms with Crippen LogP contribution in [0.4, 0.5) is 10.7 Å². The van der Waals surface area contributed by atoms with Gasteiger partial charge in [0.1, 0.15) is 5.82 Å². The molecule has 0 unspecified atom stereocenters. The molecule has 170 valence electrons. The second-order valence-corrected chi connectivity index (χ2v) is 11.2. The molecule has 1 aliphatic rings. The van der Waals surface area contributed by atoms with Gasteiger partial charge in [-0.05, 0) is 84.9 Å². The van der Waals surface area contributed by atoms with Gasteiger partial charge in [0.2, 0.25) is 0 Å². The molecular weight excluding hydrogens is 422 g/mol. The summed E-state index contributed by atoms with van der Waals surface area (Å²) in [6.07, 6.45) is 6.31. The third-order valence-corrected chi connectivity index (χ3v) is 7.60. The highest BCUT2D eigenvalue weighted by atomic mass is 32.1. The van der Waals surface area contributed by atoms with Gasteiger partial charge in [-0.15, -0.1) is 11.3 Å². The number of aromatic nitrogens is 2. The summed E-state index contributed by atoms with van der Waals surface area (Å²) in [6.45, 7) is 14.6. The number of anilines is 2. The predicted molar refractivity (Wildman–Crippen MR) is 142 cm³/mol. The van der Waals surface area contributed by atoms with Crippen molar-refractivity contribution < 1.29 is 0 Å². The van der Waals surface area contributed by atoms with E-state index in [0.717, 1.165) is 25.2 Å². The van der Waals surface area contributed by atoms with E-state index >= 15 is 0 Å². The second kappa shape index (κ2) is 8.18. The molecule has 0 radical (unpaired) electrons. The molecule has 33 heavy (non-hydrogen) atoms. The third-order valence-electron chi connectivity index (χ3n) is 6.71. The highest BCUT2D eigenvalue weighted by Gasteiger charge is 2.30. The Morgan fingerprint density at radius 1 is 1.00 bits per heavy atom. The average molecular weight is 456 g/mol. The molecule has 0 saturated carbocycles. The summed E-state index contributed by atoms with van der Waals surface area (Å²) in [6, 6.07) is 13.6. The Labute approximate surface area is 201 Å². The van der Waals surface area contributed by atoms with Crippen molar-refractivity contribution in [2.45, 2.75) is 59.8 Å². The van der Waals surface area contributed by atoms with Crippen LogP contribution in [-0.4, -0.2) is 16.1 Å². The molecule has 0 N–H and O–H groups in total. The van der Waals surface area contributed by atoms with Crippen molar-refractivity contribution in [3.8, 4) is 17.1 Å². The van der Waals surface area contributed by atoms with Crippen molar-refractivity contribution in [2.75, 3.05) is 11.4 Å². The van der Waals surface area contributed by atoms with E-state index in [1.807, 2.05) is 17.5 Å². The topological polar surface area (TPSA) is 21.1 Å². The average Bonchev–Trinajstić information content (AvgIpc) is 3.43. The molecule has 4 heteroatoms. The molecule has 0 bridgehead atoms. The first-order valence-corrected chi connectivity index (χ1v) is 12.7. The molecule has 3 nitrogen and oxygen atoms in total. The lowest BCUT2D eigenvalue weighted by Crippen LogP contribution is -2.26. The number of imidazole rings is 1. The van der Waals surface area contributed by atoms with E-state index < -0.39 is 0 Å². The van der Waals surface area contributed by atoms with Crippen molar-refractivity contribution >= 4 is 22.0 Å². The molecule has 0 amide bonds. The number of rotatable bonds is 3. The van der Waals surface area contributed by atoms with Gasteiger partial charge in [-0.3, -0.25) is 4.57 Å². The van der Waals surface area contributed by atoms with Crippen LogP contribution in [0, 0.1) is 20.8 Å². The monoisotopic (exact) mass is 455 g/mol. The van der Waals surface area contributed by atoms with E-state index in [1.165, 1.54) is 49.8 Å². The van der Waals surface area contributed by atoms with Gasteiger partial charge in [-0.2, -0.15) is 0 Å². The maximum Gasteiger partial charge on any atom is 0.145 e. The van der Waals surface area contributed by atoms with Crippen molar-refractivity contribution in [1.29, 1.82) is 0 Å². The highest BCUT2D eigenvalue weighted by molar-refractivity contribution is 7.14. The number of nitrogens with zero attached hydrogens (tertiary/aromatic N) is 3. The summed E-state index contributed by atoms with van der Waals surface area (Å²) >= 11 is 1.82. The Balaban J connectivity index is 1.78. The normalized spacial score (nSPS) is 13.9. The first kappa shape index (κ1) is 22.0. The van der Waals surface area contributed by atoms with E-state index in [9.17, 15) is 0 Å². The smallest absolute Gasteiger partial charge is 0.145 e. The summed E-state index contributed by atoms with van der Waals surface area (Å²) in [5.74, 6) is 1.06. The van der Waals surface area contributed by atoms with Gasteiger partial charge in [0, 0.05) is 30.2 Å². The van der Waals surface area contributed by atoms with Gasteiger partial charge in [-0.1, -0.05) is 44.5 Å². The summed E-state index contributed by atoms with van der Waals surface area (Å²) in [4.78, 5) is 7.48. The van der Waals surface area contributed by atoms with Crippen molar-refractivity contribution in [2.24, 2.45) is 0 Å². The molecule has 0 fully saturated rings. The van der Waals surface area contributed by atoms with Crippen LogP contribution in [-0.2, 0) is 11.8 Å². The van der Waals surface area contributed by atoms with Crippen LogP contribution >= 0.6 is 11.3 Å². The van der Waals surface area contributed by atoms with Gasteiger partial charge in [-0.25, -0.2) is 4.98 Å². The van der Waals surface area contributed by atoms with Crippen molar-refractivity contribution in [1.82, 2.24) is 9.55 Å². The van der Waals surface area contributed by atoms with Gasteiger partial charge >= 0.3 is 0 Å². The number of benzene rings is 2. The molecule has 2 aromatic heterocycles. The zero-order chi connectivity index (χ0) is 23.3. The lowest BCUT2D eigenvalue weighted by Gasteiger charge is -2.34. The van der Waals surface area contributed by atoms with E-state index in [-0.39, 0.29) is 5.41 Å². The first-order valence-electron chi connectivity index (χ1n) is 11.8. The lowest BCUT2D eigenvalue weighted by molar-refractivity contribution is 0.589. The predicted octanol–water partition coefficient (Wildman–Crippen LogP) is 7.91. The standard InChI is InChI=1S/C29H33N3S/c1-19-17-20(2)27(21(3)18-19)32-15-13-30-28(32)26-22-9-7-14-31(25-10-8-16-33-25)24(22)12-11-23(26)29(4,5)6/h8,10-13,15-18H,7,9,14H2,1-6H3. The lowest BCUT2D eigenvalue weighted by atomic mass is 9.79. The maximum absolute atomic E-state index is 4.98. The minimum absolute atomic E-state index is 0.0176. The number of aryl methyl sites for hydroxylation is 3. The van der Waals surface area contributed by atoms with Crippen LogP contribution in [0.5, 0.6) is 0 Å². The minimum Gasteiger partial charge on any atom is -0.333 e. The second-order valence-electron chi connectivity index (χ2n) is 10.3. The molecule has 1 aliphatic heterocycles. The Bertz CT molecular complexity index is 1280. The highest BCUT2D eigenvalue weighted by Crippen LogP contribution is 2.45. The first-order chi connectivity index (χ1) is 15.8. The van der Waals surface area contributed by atoms with Gasteiger partial charge in [0.25, 0.3) is 0 Å². The fraction of sp³-hybridized carbons (Fsp3) is 0.345. The molecular formula is C29H33N3S. The van der Waals surface area contributed by atoms with Crippen LogP contribution in [0.1, 0.15) is 55.0 Å². The number of thiophene rings is 1. The number of hydrogen-bond donors (Lipinski definition) is 0. The zero-order valence-corrected chi connectivity index (χ0v) is 21.4. The summed E-state index contributed by atoms with van der Waals surface area (Å²) in [5, 5.41) is 3.49. The third kappa shape index (κ3) is 3.80. The fourth-order valence-electron chi connectivity index (χ4n) is 5.43. The van der Waals surface area contributed by atoms with Crippen LogP contribution in [0.25, 0.3) is 17.1 Å². The van der Waals surface area contributed by atoms with Crippen LogP contribution in [0.2, 0.25) is 0 Å². The van der Waals surface area contributed by atoms with Gasteiger partial charge in [0.15, 0.2) is 0 Å². The fourth-order valence-corrected chi connectivity index (χ4v) is 6.20. The van der Waals surface area contributed by atoms with Crippen molar-refractivity contribution in [3.05, 3.63) is 82.0 Å². The zero-order valence-electron chi connectivity index (χ0n) is 20.6.